The molecule has 37 heavy (non-hydrogen) atoms. The number of aryl methyl sites for hydroxylation is 1. The molecule has 1 fully saturated rings. The summed E-state index contributed by atoms with van der Waals surface area (Å²) in [5.74, 6) is -0.453. The third-order valence-corrected chi connectivity index (χ3v) is 8.47. The zero-order valence-corrected chi connectivity index (χ0v) is 21.1. The first kappa shape index (κ1) is 27.7. The maximum absolute atomic E-state index is 13.8. The van der Waals surface area contributed by atoms with E-state index in [1.165, 1.54) is 28.4 Å². The highest BCUT2D eigenvalue weighted by Gasteiger charge is 2.48. The van der Waals surface area contributed by atoms with Crippen molar-refractivity contribution in [2.75, 3.05) is 17.4 Å². The number of halogens is 6. The van der Waals surface area contributed by atoms with E-state index in [1.54, 1.807) is 6.92 Å². The SMILES string of the molecule is Cc1c(N(CC(Cc2ccc(OC(F)(F)F)cc2)N2CCCC2C(F)(F)F)S(=O)[O-])sc2ccccc12. The fraction of sp³-hybridized carbons (Fsp3) is 0.417. The third-order valence-electron chi connectivity index (χ3n) is 6.37. The average molecular weight is 566 g/mol. The summed E-state index contributed by atoms with van der Waals surface area (Å²) in [4.78, 5) is 1.27. The summed E-state index contributed by atoms with van der Waals surface area (Å²) in [5.41, 5.74) is 1.16. The molecular formula is C24H23F6N2O3S2-. The van der Waals surface area contributed by atoms with Crippen LogP contribution in [0, 0.1) is 6.92 Å². The number of thiophene rings is 1. The molecule has 13 heteroatoms. The second-order valence-electron chi connectivity index (χ2n) is 8.79. The highest BCUT2D eigenvalue weighted by molar-refractivity contribution is 7.81. The van der Waals surface area contributed by atoms with Crippen LogP contribution in [-0.2, 0) is 17.7 Å². The summed E-state index contributed by atoms with van der Waals surface area (Å²) in [7, 11) is 0. The lowest BCUT2D eigenvalue weighted by molar-refractivity contribution is -0.274. The Kier molecular flexibility index (Phi) is 8.07. The molecule has 1 saturated heterocycles. The number of ether oxygens (including phenoxy) is 1. The van der Waals surface area contributed by atoms with Crippen molar-refractivity contribution in [3.63, 3.8) is 0 Å². The zero-order valence-electron chi connectivity index (χ0n) is 19.5. The van der Waals surface area contributed by atoms with Crippen LogP contribution in [0.25, 0.3) is 10.1 Å². The number of rotatable bonds is 8. The van der Waals surface area contributed by atoms with Gasteiger partial charge in [-0.25, -0.2) is 0 Å². The van der Waals surface area contributed by atoms with Gasteiger partial charge in [0.25, 0.3) is 0 Å². The van der Waals surface area contributed by atoms with Crippen LogP contribution in [-0.4, -0.2) is 51.4 Å². The molecule has 4 rings (SSSR count). The van der Waals surface area contributed by atoms with Crippen LogP contribution in [0.2, 0.25) is 0 Å². The minimum atomic E-state index is -4.87. The van der Waals surface area contributed by atoms with Gasteiger partial charge in [0.1, 0.15) is 16.8 Å². The molecule has 0 spiro atoms. The summed E-state index contributed by atoms with van der Waals surface area (Å²) in [6.07, 6.45) is -9.20. The van der Waals surface area contributed by atoms with Crippen molar-refractivity contribution in [3.8, 4) is 5.75 Å². The lowest BCUT2D eigenvalue weighted by atomic mass is 10.0. The highest BCUT2D eigenvalue weighted by atomic mass is 32.2. The summed E-state index contributed by atoms with van der Waals surface area (Å²) >= 11 is -1.54. The van der Waals surface area contributed by atoms with Crippen LogP contribution >= 0.6 is 11.3 Å². The van der Waals surface area contributed by atoms with Crippen LogP contribution in [0.4, 0.5) is 31.3 Å². The Morgan fingerprint density at radius 1 is 1.14 bits per heavy atom. The lowest BCUT2D eigenvalue weighted by Gasteiger charge is -2.38. The Morgan fingerprint density at radius 2 is 1.81 bits per heavy atom. The molecule has 1 aliphatic heterocycles. The number of anilines is 1. The highest BCUT2D eigenvalue weighted by Crippen LogP contribution is 2.40. The summed E-state index contributed by atoms with van der Waals surface area (Å²) < 4.78 is 110. The molecule has 202 valence electrons. The molecule has 3 aromatic rings. The van der Waals surface area contributed by atoms with E-state index in [4.69, 9.17) is 0 Å². The number of benzene rings is 2. The fourth-order valence-electron chi connectivity index (χ4n) is 4.77. The van der Waals surface area contributed by atoms with E-state index in [2.05, 4.69) is 4.74 Å². The van der Waals surface area contributed by atoms with Gasteiger partial charge in [-0.05, 0) is 67.4 Å². The van der Waals surface area contributed by atoms with Crippen molar-refractivity contribution < 1.29 is 39.8 Å². The number of hydrogen-bond donors (Lipinski definition) is 0. The largest absolute Gasteiger partial charge is 0.755 e. The second-order valence-corrected chi connectivity index (χ2v) is 10.7. The van der Waals surface area contributed by atoms with Crippen LogP contribution < -0.4 is 9.04 Å². The van der Waals surface area contributed by atoms with Gasteiger partial charge < -0.3 is 9.29 Å². The van der Waals surface area contributed by atoms with Crippen molar-refractivity contribution in [1.29, 1.82) is 0 Å². The second kappa shape index (κ2) is 10.8. The average Bonchev–Trinajstić information content (AvgIpc) is 3.42. The van der Waals surface area contributed by atoms with Crippen LogP contribution in [0.15, 0.2) is 48.5 Å². The minimum Gasteiger partial charge on any atom is -0.755 e. The Bertz CT molecular complexity index is 1250. The first-order valence-electron chi connectivity index (χ1n) is 11.4. The number of hydrogen-bond acceptors (Lipinski definition) is 5. The van der Waals surface area contributed by atoms with E-state index in [1.807, 2.05) is 24.3 Å². The number of likely N-dealkylation sites (tertiary alicyclic amines) is 1. The normalized spacial score (nSPS) is 18.8. The molecule has 0 bridgehead atoms. The van der Waals surface area contributed by atoms with Gasteiger partial charge in [-0.15, -0.1) is 24.5 Å². The third kappa shape index (κ3) is 6.57. The van der Waals surface area contributed by atoms with Gasteiger partial charge in [0, 0.05) is 28.6 Å². The zero-order chi connectivity index (χ0) is 27.0. The molecule has 1 aromatic heterocycles. The van der Waals surface area contributed by atoms with E-state index >= 15 is 0 Å². The van der Waals surface area contributed by atoms with Gasteiger partial charge >= 0.3 is 12.5 Å². The molecule has 0 radical (unpaired) electrons. The van der Waals surface area contributed by atoms with Gasteiger partial charge in [-0.2, -0.15) is 13.2 Å². The maximum Gasteiger partial charge on any atom is 0.573 e. The fourth-order valence-corrected chi connectivity index (χ4v) is 6.75. The molecular weight excluding hydrogens is 542 g/mol. The van der Waals surface area contributed by atoms with E-state index in [-0.39, 0.29) is 25.9 Å². The van der Waals surface area contributed by atoms with Crippen molar-refractivity contribution in [2.45, 2.75) is 50.8 Å². The monoisotopic (exact) mass is 565 g/mol. The molecule has 0 aliphatic carbocycles. The van der Waals surface area contributed by atoms with E-state index in [0.29, 0.717) is 22.5 Å². The van der Waals surface area contributed by atoms with Crippen LogP contribution in [0.3, 0.4) is 0 Å². The van der Waals surface area contributed by atoms with Crippen molar-refractivity contribution >= 4 is 37.7 Å². The van der Waals surface area contributed by atoms with E-state index in [0.717, 1.165) is 26.5 Å². The van der Waals surface area contributed by atoms with Crippen molar-refractivity contribution in [2.24, 2.45) is 0 Å². The van der Waals surface area contributed by atoms with Crippen molar-refractivity contribution in [3.05, 3.63) is 59.7 Å². The molecule has 2 aromatic carbocycles. The Hall–Kier alpha value is -2.35. The topological polar surface area (TPSA) is 55.8 Å². The number of alkyl halides is 6. The van der Waals surface area contributed by atoms with Gasteiger partial charge in [0.15, 0.2) is 0 Å². The summed E-state index contributed by atoms with van der Waals surface area (Å²) in [6, 6.07) is 9.55. The maximum atomic E-state index is 13.8. The minimum absolute atomic E-state index is 0.00345. The molecule has 0 amide bonds. The quantitative estimate of drug-likeness (QED) is 0.236. The molecule has 0 N–H and O–H groups in total. The van der Waals surface area contributed by atoms with Crippen LogP contribution in [0.1, 0.15) is 24.0 Å². The van der Waals surface area contributed by atoms with E-state index in [9.17, 15) is 35.1 Å². The molecule has 3 atom stereocenters. The van der Waals surface area contributed by atoms with Gasteiger partial charge in [0.05, 0.1) is 0 Å². The van der Waals surface area contributed by atoms with Gasteiger partial charge in [0.2, 0.25) is 0 Å². The molecule has 1 aliphatic rings. The Labute approximate surface area is 216 Å². The first-order valence-corrected chi connectivity index (χ1v) is 13.2. The van der Waals surface area contributed by atoms with Crippen molar-refractivity contribution in [1.82, 2.24) is 4.90 Å². The predicted molar refractivity (Wildman–Crippen MR) is 129 cm³/mol. The number of fused-ring (bicyclic) bond motifs is 1. The molecule has 2 heterocycles. The summed E-state index contributed by atoms with van der Waals surface area (Å²) in [6.45, 7) is 1.63. The number of nitrogens with zero attached hydrogens (tertiary/aromatic N) is 2. The summed E-state index contributed by atoms with van der Waals surface area (Å²) in [5, 5.41) is 1.26. The first-order chi connectivity index (χ1) is 17.3. The molecule has 5 nitrogen and oxygen atoms in total. The van der Waals surface area contributed by atoms with Crippen LogP contribution in [0.5, 0.6) is 5.75 Å². The van der Waals surface area contributed by atoms with Gasteiger partial charge in [-0.3, -0.25) is 13.4 Å². The smallest absolute Gasteiger partial charge is 0.573 e. The van der Waals surface area contributed by atoms with Gasteiger partial charge in [-0.1, -0.05) is 30.3 Å². The predicted octanol–water partition coefficient (Wildman–Crippen LogP) is 6.35. The lowest BCUT2D eigenvalue weighted by Crippen LogP contribution is -2.52. The standard InChI is InChI=1S/C24H24F6N2O3S2/c1-15-19-5-2-3-6-20(19)36-22(15)32(37(33)34)14-17(31-12-4-7-21(31)23(25,26)27)13-16-8-10-18(11-9-16)35-24(28,29)30/h2-3,5-6,8-11,17,21H,4,7,12-14H2,1H3,(H,33,34)/p-1. The molecule has 3 unspecified atom stereocenters. The molecule has 0 saturated carbocycles. The Balaban J connectivity index is 1.67. The Morgan fingerprint density at radius 3 is 2.41 bits per heavy atom. The van der Waals surface area contributed by atoms with E-state index < -0.39 is 41.6 Å².